The summed E-state index contributed by atoms with van der Waals surface area (Å²) in [6, 6.07) is 11.3. The van der Waals surface area contributed by atoms with Gasteiger partial charge in [0.25, 0.3) is 0 Å². The van der Waals surface area contributed by atoms with Gasteiger partial charge in [0.05, 0.1) is 6.10 Å². The van der Waals surface area contributed by atoms with Gasteiger partial charge in [0.15, 0.2) is 0 Å². The zero-order valence-electron chi connectivity index (χ0n) is 15.8. The van der Waals surface area contributed by atoms with Gasteiger partial charge in [-0.05, 0) is 72.6 Å². The molecule has 3 nitrogen and oxygen atoms in total. The number of anilines is 1. The lowest BCUT2D eigenvalue weighted by molar-refractivity contribution is 0.200. The van der Waals surface area contributed by atoms with Gasteiger partial charge in [-0.15, -0.1) is 0 Å². The van der Waals surface area contributed by atoms with Crippen molar-refractivity contribution in [3.8, 4) is 11.1 Å². The van der Waals surface area contributed by atoms with Crippen LogP contribution in [0.15, 0.2) is 30.3 Å². The highest BCUT2D eigenvalue weighted by molar-refractivity contribution is 5.76. The van der Waals surface area contributed by atoms with Crippen molar-refractivity contribution in [2.75, 3.05) is 31.1 Å². The van der Waals surface area contributed by atoms with Crippen molar-refractivity contribution < 1.29 is 5.11 Å². The maximum Gasteiger partial charge on any atom is 0.0768 e. The van der Waals surface area contributed by atoms with Crippen LogP contribution in [0.2, 0.25) is 0 Å². The van der Waals surface area contributed by atoms with Crippen molar-refractivity contribution >= 4 is 5.69 Å². The second-order valence-corrected chi connectivity index (χ2v) is 8.41. The van der Waals surface area contributed by atoms with E-state index in [1.165, 1.54) is 59.4 Å². The molecule has 1 fully saturated rings. The van der Waals surface area contributed by atoms with Crippen LogP contribution in [-0.4, -0.2) is 31.3 Å². The van der Waals surface area contributed by atoms with Crippen LogP contribution in [0.5, 0.6) is 0 Å². The van der Waals surface area contributed by atoms with Crippen molar-refractivity contribution in [2.24, 2.45) is 5.92 Å². The first-order chi connectivity index (χ1) is 12.6. The smallest absolute Gasteiger partial charge is 0.0768 e. The molecule has 0 spiro atoms. The number of aliphatic hydroxyl groups is 1. The Balaban J connectivity index is 1.70. The SMILES string of the molecule is Cc1ccc(-c2cc3c4c(c2)C2CNC[C@@H]2CN4CCC3)c(C(C)O)c1. The van der Waals surface area contributed by atoms with E-state index in [-0.39, 0.29) is 0 Å². The van der Waals surface area contributed by atoms with Gasteiger partial charge in [0.2, 0.25) is 0 Å². The van der Waals surface area contributed by atoms with E-state index in [1.807, 2.05) is 6.92 Å². The van der Waals surface area contributed by atoms with Crippen LogP contribution in [0.25, 0.3) is 11.1 Å². The van der Waals surface area contributed by atoms with E-state index in [9.17, 15) is 5.11 Å². The molecule has 0 saturated carbocycles. The van der Waals surface area contributed by atoms with Gasteiger partial charge in [0.1, 0.15) is 0 Å². The fourth-order valence-corrected chi connectivity index (χ4v) is 5.35. The lowest BCUT2D eigenvalue weighted by Crippen LogP contribution is -2.41. The Kier molecular flexibility index (Phi) is 3.84. The Morgan fingerprint density at radius 3 is 2.92 bits per heavy atom. The van der Waals surface area contributed by atoms with Gasteiger partial charge in [0, 0.05) is 37.8 Å². The van der Waals surface area contributed by atoms with E-state index in [0.29, 0.717) is 5.92 Å². The normalized spacial score (nSPS) is 25.0. The van der Waals surface area contributed by atoms with Crippen LogP contribution in [0, 0.1) is 12.8 Å². The molecule has 5 rings (SSSR count). The molecule has 1 saturated heterocycles. The van der Waals surface area contributed by atoms with Crippen molar-refractivity contribution in [1.29, 1.82) is 0 Å². The van der Waals surface area contributed by atoms with Gasteiger partial charge < -0.3 is 15.3 Å². The van der Waals surface area contributed by atoms with E-state index in [0.717, 1.165) is 24.6 Å². The number of nitrogens with one attached hydrogen (secondary N) is 1. The number of hydrogen-bond donors (Lipinski definition) is 2. The quantitative estimate of drug-likeness (QED) is 0.867. The van der Waals surface area contributed by atoms with Crippen molar-refractivity contribution in [3.63, 3.8) is 0 Å². The largest absolute Gasteiger partial charge is 0.389 e. The number of fused-ring (bicyclic) bond motifs is 2. The molecule has 0 radical (unpaired) electrons. The van der Waals surface area contributed by atoms with Gasteiger partial charge in [-0.25, -0.2) is 0 Å². The van der Waals surface area contributed by atoms with Crippen molar-refractivity contribution in [2.45, 2.75) is 38.7 Å². The zero-order valence-corrected chi connectivity index (χ0v) is 15.8. The van der Waals surface area contributed by atoms with Crippen molar-refractivity contribution in [1.82, 2.24) is 5.32 Å². The number of hydrogen-bond acceptors (Lipinski definition) is 3. The zero-order chi connectivity index (χ0) is 17.8. The van der Waals surface area contributed by atoms with Crippen LogP contribution < -0.4 is 10.2 Å². The summed E-state index contributed by atoms with van der Waals surface area (Å²) in [6.07, 6.45) is 1.97. The molecule has 136 valence electrons. The minimum absolute atomic E-state index is 0.449. The Hall–Kier alpha value is -1.84. The first-order valence-corrected chi connectivity index (χ1v) is 10.0. The predicted octanol–water partition coefficient (Wildman–Crippen LogP) is 3.78. The number of rotatable bonds is 2. The third kappa shape index (κ3) is 2.49. The molecular weight excluding hydrogens is 320 g/mol. The van der Waals surface area contributed by atoms with Crippen molar-refractivity contribution in [3.05, 3.63) is 52.6 Å². The first kappa shape index (κ1) is 16.3. The fourth-order valence-electron chi connectivity index (χ4n) is 5.35. The molecule has 3 heterocycles. The van der Waals surface area contributed by atoms with Crippen LogP contribution in [-0.2, 0) is 6.42 Å². The van der Waals surface area contributed by atoms with Crippen LogP contribution in [0.1, 0.15) is 47.6 Å². The Labute approximate surface area is 156 Å². The molecule has 0 amide bonds. The standard InChI is InChI=1S/C23H28N2O/c1-14-5-6-19(20(8-14)15(2)26)17-9-16-4-3-7-25-13-18-11-24-12-22(18)21(10-17)23(16)25/h5-6,8-10,15,18,22,24,26H,3-4,7,11-13H2,1-2H3/t15?,18-,22?/m1/s1. The Morgan fingerprint density at radius 2 is 2.08 bits per heavy atom. The molecule has 26 heavy (non-hydrogen) atoms. The molecule has 3 aliphatic rings. The summed E-state index contributed by atoms with van der Waals surface area (Å²) < 4.78 is 0. The molecule has 2 N–H and O–H groups in total. The number of benzene rings is 2. The lowest BCUT2D eigenvalue weighted by Gasteiger charge is -2.42. The Morgan fingerprint density at radius 1 is 1.19 bits per heavy atom. The topological polar surface area (TPSA) is 35.5 Å². The summed E-state index contributed by atoms with van der Waals surface area (Å²) in [7, 11) is 0. The van der Waals surface area contributed by atoms with Crippen LogP contribution >= 0.6 is 0 Å². The molecule has 0 aliphatic carbocycles. The highest BCUT2D eigenvalue weighted by atomic mass is 16.3. The molecular formula is C23H28N2O. The second-order valence-electron chi connectivity index (χ2n) is 8.41. The van der Waals surface area contributed by atoms with Crippen LogP contribution in [0.4, 0.5) is 5.69 Å². The summed E-state index contributed by atoms with van der Waals surface area (Å²) in [5.74, 6) is 1.37. The highest BCUT2D eigenvalue weighted by Gasteiger charge is 2.39. The van der Waals surface area contributed by atoms with Gasteiger partial charge in [-0.2, -0.15) is 0 Å². The predicted molar refractivity (Wildman–Crippen MR) is 107 cm³/mol. The minimum atomic E-state index is -0.449. The van der Waals surface area contributed by atoms with E-state index in [4.69, 9.17) is 0 Å². The Bertz CT molecular complexity index is 858. The maximum atomic E-state index is 10.3. The number of nitrogens with zero attached hydrogens (tertiary/aromatic N) is 1. The summed E-state index contributed by atoms with van der Waals surface area (Å²) >= 11 is 0. The van der Waals surface area contributed by atoms with E-state index >= 15 is 0 Å². The molecule has 2 aromatic rings. The third-order valence-electron chi connectivity index (χ3n) is 6.57. The van der Waals surface area contributed by atoms with Gasteiger partial charge in [-0.1, -0.05) is 23.8 Å². The van der Waals surface area contributed by atoms with Crippen LogP contribution in [0.3, 0.4) is 0 Å². The van der Waals surface area contributed by atoms with Gasteiger partial charge in [-0.3, -0.25) is 0 Å². The molecule has 3 aliphatic heterocycles. The van der Waals surface area contributed by atoms with E-state index in [2.05, 4.69) is 47.5 Å². The summed E-state index contributed by atoms with van der Waals surface area (Å²) in [6.45, 7) is 8.62. The summed E-state index contributed by atoms with van der Waals surface area (Å²) in [5, 5.41) is 14.0. The first-order valence-electron chi connectivity index (χ1n) is 10.0. The summed E-state index contributed by atoms with van der Waals surface area (Å²) in [4.78, 5) is 2.64. The highest BCUT2D eigenvalue weighted by Crippen LogP contribution is 2.46. The monoisotopic (exact) mass is 348 g/mol. The average Bonchev–Trinajstić information content (AvgIpc) is 3.10. The second kappa shape index (κ2) is 6.11. The van der Waals surface area contributed by atoms with Gasteiger partial charge >= 0.3 is 0 Å². The number of aliphatic hydroxyl groups excluding tert-OH is 1. The number of aryl methyl sites for hydroxylation is 2. The average molecular weight is 348 g/mol. The lowest BCUT2D eigenvalue weighted by atomic mass is 9.78. The molecule has 3 heteroatoms. The third-order valence-corrected chi connectivity index (χ3v) is 6.57. The molecule has 0 aromatic heterocycles. The maximum absolute atomic E-state index is 10.3. The minimum Gasteiger partial charge on any atom is -0.389 e. The molecule has 2 aromatic carbocycles. The van der Waals surface area contributed by atoms with E-state index in [1.54, 1.807) is 0 Å². The molecule has 2 unspecified atom stereocenters. The van der Waals surface area contributed by atoms with E-state index < -0.39 is 6.10 Å². The molecule has 3 atom stereocenters. The molecule has 0 bridgehead atoms. The fraction of sp³-hybridized carbons (Fsp3) is 0.478. The summed E-state index contributed by atoms with van der Waals surface area (Å²) in [5.41, 5.74) is 9.29.